The van der Waals surface area contributed by atoms with Crippen LogP contribution in [0, 0.1) is 5.92 Å². The van der Waals surface area contributed by atoms with Crippen LogP contribution in [0.3, 0.4) is 0 Å². The van der Waals surface area contributed by atoms with Crippen LogP contribution in [-0.4, -0.2) is 29.6 Å². The standard InChI is InChI=1S/C12H20N4O/c1-8(2)12-14-10(5-11(17)15-12)16-4-3-9(6-13)7-16/h5,8-9H,3-4,6-7,13H2,1-2H3,(H,14,15,17). The number of anilines is 1. The molecule has 1 aromatic heterocycles. The van der Waals surface area contributed by atoms with Crippen molar-refractivity contribution in [2.45, 2.75) is 26.2 Å². The van der Waals surface area contributed by atoms with Crippen molar-refractivity contribution in [2.24, 2.45) is 11.7 Å². The van der Waals surface area contributed by atoms with Crippen molar-refractivity contribution in [3.8, 4) is 0 Å². The molecule has 0 aromatic carbocycles. The summed E-state index contributed by atoms with van der Waals surface area (Å²) in [5.41, 5.74) is 5.59. The van der Waals surface area contributed by atoms with Crippen LogP contribution in [0.2, 0.25) is 0 Å². The number of hydrogen-bond donors (Lipinski definition) is 2. The first-order chi connectivity index (χ1) is 8.10. The normalized spacial score (nSPS) is 20.2. The molecule has 1 aliphatic rings. The maximum absolute atomic E-state index is 11.6. The molecule has 1 unspecified atom stereocenters. The second-order valence-corrected chi connectivity index (χ2v) is 4.98. The minimum atomic E-state index is -0.0742. The van der Waals surface area contributed by atoms with Gasteiger partial charge in [-0.1, -0.05) is 13.8 Å². The third kappa shape index (κ3) is 2.66. The van der Waals surface area contributed by atoms with Crippen LogP contribution < -0.4 is 16.2 Å². The van der Waals surface area contributed by atoms with Gasteiger partial charge in [-0.25, -0.2) is 4.98 Å². The summed E-state index contributed by atoms with van der Waals surface area (Å²) in [6.45, 7) is 6.60. The van der Waals surface area contributed by atoms with E-state index in [1.165, 1.54) is 0 Å². The molecule has 5 nitrogen and oxygen atoms in total. The molecule has 0 radical (unpaired) electrons. The summed E-state index contributed by atoms with van der Waals surface area (Å²) in [7, 11) is 0. The highest BCUT2D eigenvalue weighted by atomic mass is 16.1. The molecule has 0 spiro atoms. The largest absolute Gasteiger partial charge is 0.356 e. The highest BCUT2D eigenvalue weighted by molar-refractivity contribution is 5.39. The van der Waals surface area contributed by atoms with E-state index < -0.39 is 0 Å². The lowest BCUT2D eigenvalue weighted by Gasteiger charge is -2.18. The third-order valence-electron chi connectivity index (χ3n) is 3.24. The van der Waals surface area contributed by atoms with Crippen LogP contribution in [0.1, 0.15) is 32.0 Å². The number of nitrogens with one attached hydrogen (secondary N) is 1. The number of aromatic amines is 1. The summed E-state index contributed by atoms with van der Waals surface area (Å²) < 4.78 is 0. The summed E-state index contributed by atoms with van der Waals surface area (Å²) in [5.74, 6) is 2.30. The predicted molar refractivity (Wildman–Crippen MR) is 68.3 cm³/mol. The Balaban J connectivity index is 2.24. The number of nitrogens with zero attached hydrogens (tertiary/aromatic N) is 2. The Morgan fingerprint density at radius 3 is 3.00 bits per heavy atom. The van der Waals surface area contributed by atoms with Gasteiger partial charge in [0, 0.05) is 25.1 Å². The van der Waals surface area contributed by atoms with E-state index in [4.69, 9.17) is 5.73 Å². The Kier molecular flexibility index (Phi) is 3.47. The van der Waals surface area contributed by atoms with Gasteiger partial charge in [0.2, 0.25) is 0 Å². The fraction of sp³-hybridized carbons (Fsp3) is 0.667. The van der Waals surface area contributed by atoms with Crippen LogP contribution in [0.4, 0.5) is 5.82 Å². The van der Waals surface area contributed by atoms with Crippen molar-refractivity contribution in [3.63, 3.8) is 0 Å². The molecule has 94 valence electrons. The topological polar surface area (TPSA) is 75.0 Å². The Morgan fingerprint density at radius 2 is 2.41 bits per heavy atom. The summed E-state index contributed by atoms with van der Waals surface area (Å²) >= 11 is 0. The molecule has 2 rings (SSSR count). The molecule has 0 saturated carbocycles. The van der Waals surface area contributed by atoms with Gasteiger partial charge in [0.1, 0.15) is 11.6 Å². The number of nitrogens with two attached hydrogens (primary N) is 1. The van der Waals surface area contributed by atoms with Gasteiger partial charge in [-0.3, -0.25) is 4.79 Å². The summed E-state index contributed by atoms with van der Waals surface area (Å²) in [6.07, 6.45) is 1.09. The molecule has 0 aliphatic carbocycles. The molecule has 1 aromatic rings. The molecule has 1 saturated heterocycles. The van der Waals surface area contributed by atoms with E-state index in [0.717, 1.165) is 31.2 Å². The van der Waals surface area contributed by atoms with Crippen molar-refractivity contribution in [3.05, 3.63) is 22.2 Å². The molecule has 1 aliphatic heterocycles. The fourth-order valence-electron chi connectivity index (χ4n) is 2.13. The third-order valence-corrected chi connectivity index (χ3v) is 3.24. The lowest BCUT2D eigenvalue weighted by atomic mass is 10.1. The van der Waals surface area contributed by atoms with Crippen LogP contribution in [0.5, 0.6) is 0 Å². The number of H-pyrrole nitrogens is 1. The van der Waals surface area contributed by atoms with Crippen molar-refractivity contribution < 1.29 is 0 Å². The SMILES string of the molecule is CC(C)c1nc(N2CCC(CN)C2)cc(=O)[nH]1. The highest BCUT2D eigenvalue weighted by Crippen LogP contribution is 2.21. The molecule has 3 N–H and O–H groups in total. The highest BCUT2D eigenvalue weighted by Gasteiger charge is 2.23. The number of rotatable bonds is 3. The summed E-state index contributed by atoms with van der Waals surface area (Å²) in [4.78, 5) is 21.0. The second-order valence-electron chi connectivity index (χ2n) is 4.98. The lowest BCUT2D eigenvalue weighted by molar-refractivity contribution is 0.602. The number of aromatic nitrogens is 2. The predicted octanol–water partition coefficient (Wildman–Crippen LogP) is 0.678. The molecule has 5 heteroatoms. The van der Waals surface area contributed by atoms with Crippen LogP contribution in [-0.2, 0) is 0 Å². The fourth-order valence-corrected chi connectivity index (χ4v) is 2.13. The van der Waals surface area contributed by atoms with Crippen molar-refractivity contribution in [2.75, 3.05) is 24.5 Å². The Bertz CT molecular complexity index is 440. The maximum atomic E-state index is 11.6. The monoisotopic (exact) mass is 236 g/mol. The van der Waals surface area contributed by atoms with E-state index in [0.29, 0.717) is 12.5 Å². The van der Waals surface area contributed by atoms with Gasteiger partial charge < -0.3 is 15.6 Å². The van der Waals surface area contributed by atoms with E-state index in [1.54, 1.807) is 6.07 Å². The van der Waals surface area contributed by atoms with E-state index in [9.17, 15) is 4.79 Å². The van der Waals surface area contributed by atoms with Crippen molar-refractivity contribution in [1.29, 1.82) is 0 Å². The smallest absolute Gasteiger partial charge is 0.252 e. The van der Waals surface area contributed by atoms with Gasteiger partial charge in [-0.2, -0.15) is 0 Å². The molecular formula is C12H20N4O. The zero-order valence-electron chi connectivity index (χ0n) is 10.4. The average molecular weight is 236 g/mol. The molecular weight excluding hydrogens is 216 g/mol. The average Bonchev–Trinajstić information content (AvgIpc) is 2.76. The first-order valence-electron chi connectivity index (χ1n) is 6.16. The maximum Gasteiger partial charge on any atom is 0.252 e. The van der Waals surface area contributed by atoms with Gasteiger partial charge in [0.15, 0.2) is 0 Å². The van der Waals surface area contributed by atoms with Crippen LogP contribution in [0.15, 0.2) is 10.9 Å². The van der Waals surface area contributed by atoms with Gasteiger partial charge in [0.25, 0.3) is 5.56 Å². The Labute approximate surface area is 101 Å². The summed E-state index contributed by atoms with van der Waals surface area (Å²) in [5, 5.41) is 0. The first-order valence-corrected chi connectivity index (χ1v) is 6.16. The summed E-state index contributed by atoms with van der Waals surface area (Å²) in [6, 6.07) is 1.57. The second kappa shape index (κ2) is 4.87. The van der Waals surface area contributed by atoms with E-state index >= 15 is 0 Å². The zero-order valence-corrected chi connectivity index (χ0v) is 10.4. The minimum Gasteiger partial charge on any atom is -0.356 e. The molecule has 2 heterocycles. The van der Waals surface area contributed by atoms with Crippen LogP contribution in [0.25, 0.3) is 0 Å². The van der Waals surface area contributed by atoms with Gasteiger partial charge in [0.05, 0.1) is 0 Å². The van der Waals surface area contributed by atoms with Gasteiger partial charge >= 0.3 is 0 Å². The Morgan fingerprint density at radius 1 is 1.65 bits per heavy atom. The zero-order chi connectivity index (χ0) is 12.4. The molecule has 17 heavy (non-hydrogen) atoms. The molecule has 1 fully saturated rings. The van der Waals surface area contributed by atoms with Crippen molar-refractivity contribution in [1.82, 2.24) is 9.97 Å². The van der Waals surface area contributed by atoms with Crippen molar-refractivity contribution >= 4 is 5.82 Å². The Hall–Kier alpha value is -1.36. The van der Waals surface area contributed by atoms with E-state index in [1.807, 2.05) is 13.8 Å². The first kappa shape index (κ1) is 12.1. The quantitative estimate of drug-likeness (QED) is 0.809. The number of hydrogen-bond acceptors (Lipinski definition) is 4. The van der Waals surface area contributed by atoms with Crippen LogP contribution >= 0.6 is 0 Å². The van der Waals surface area contributed by atoms with E-state index in [-0.39, 0.29) is 11.5 Å². The minimum absolute atomic E-state index is 0.0742. The van der Waals surface area contributed by atoms with E-state index in [2.05, 4.69) is 14.9 Å². The van der Waals surface area contributed by atoms with Gasteiger partial charge in [-0.05, 0) is 18.9 Å². The van der Waals surface area contributed by atoms with Gasteiger partial charge in [-0.15, -0.1) is 0 Å². The molecule has 0 bridgehead atoms. The molecule has 0 amide bonds. The lowest BCUT2D eigenvalue weighted by Crippen LogP contribution is -2.26. The molecule has 1 atom stereocenters.